The van der Waals surface area contributed by atoms with Gasteiger partial charge in [-0.25, -0.2) is 0 Å². The lowest BCUT2D eigenvalue weighted by molar-refractivity contribution is 0.311. The van der Waals surface area contributed by atoms with E-state index in [0.717, 1.165) is 19.5 Å². The third kappa shape index (κ3) is 4.15. The molecule has 0 aliphatic heterocycles. The van der Waals surface area contributed by atoms with Crippen molar-refractivity contribution in [2.24, 2.45) is 5.73 Å². The zero-order valence-electron chi connectivity index (χ0n) is 12.3. The number of nitrogens with zero attached hydrogens (tertiary/aromatic N) is 2. The normalized spacial score (nSPS) is 12.6. The molecular weight excluding hydrogens is 246 g/mol. The predicted molar refractivity (Wildman–Crippen MR) is 83.3 cm³/mol. The molecule has 2 N–H and O–H groups in total. The standard InChI is InChI=1S/C17H23N3/c1-14-5-3-4-6-16(14)17(18)9-12-20(2)13-15-7-10-19-11-8-15/h3-8,10-11,17H,9,12-13,18H2,1-2H3. The smallest absolute Gasteiger partial charge is 0.0309 e. The summed E-state index contributed by atoms with van der Waals surface area (Å²) >= 11 is 0. The van der Waals surface area contributed by atoms with Crippen molar-refractivity contribution in [3.05, 3.63) is 65.5 Å². The van der Waals surface area contributed by atoms with Crippen LogP contribution in [0.5, 0.6) is 0 Å². The summed E-state index contributed by atoms with van der Waals surface area (Å²) in [6.07, 6.45) is 4.64. The van der Waals surface area contributed by atoms with Crippen molar-refractivity contribution in [2.45, 2.75) is 25.9 Å². The Balaban J connectivity index is 1.84. The average molecular weight is 269 g/mol. The van der Waals surface area contributed by atoms with Crippen LogP contribution in [0.1, 0.15) is 29.2 Å². The Bertz CT molecular complexity index is 525. The number of pyridine rings is 1. The molecule has 0 amide bonds. The van der Waals surface area contributed by atoms with Crippen LogP contribution in [0, 0.1) is 6.92 Å². The van der Waals surface area contributed by atoms with Gasteiger partial charge in [0.05, 0.1) is 0 Å². The molecule has 0 saturated carbocycles. The summed E-state index contributed by atoms with van der Waals surface area (Å²) in [5.41, 5.74) is 10.1. The lowest BCUT2D eigenvalue weighted by Gasteiger charge is -2.20. The van der Waals surface area contributed by atoms with E-state index < -0.39 is 0 Å². The average Bonchev–Trinajstić information content (AvgIpc) is 2.46. The van der Waals surface area contributed by atoms with Crippen molar-refractivity contribution >= 4 is 0 Å². The molecule has 0 saturated heterocycles. The fourth-order valence-electron chi connectivity index (χ4n) is 2.40. The van der Waals surface area contributed by atoms with E-state index in [4.69, 9.17) is 5.73 Å². The van der Waals surface area contributed by atoms with Crippen LogP contribution in [0.4, 0.5) is 0 Å². The number of nitrogens with two attached hydrogens (primary N) is 1. The minimum absolute atomic E-state index is 0.107. The van der Waals surface area contributed by atoms with Gasteiger partial charge in [-0.2, -0.15) is 0 Å². The summed E-state index contributed by atoms with van der Waals surface area (Å²) in [5.74, 6) is 0. The lowest BCUT2D eigenvalue weighted by Crippen LogP contribution is -2.23. The second-order valence-corrected chi connectivity index (χ2v) is 5.35. The molecule has 1 unspecified atom stereocenters. The highest BCUT2D eigenvalue weighted by Crippen LogP contribution is 2.18. The molecule has 3 nitrogen and oxygen atoms in total. The SMILES string of the molecule is Cc1ccccc1C(N)CCN(C)Cc1ccncc1. The van der Waals surface area contributed by atoms with Gasteiger partial charge < -0.3 is 10.6 Å². The Morgan fingerprint density at radius 1 is 1.15 bits per heavy atom. The lowest BCUT2D eigenvalue weighted by atomic mass is 9.99. The molecule has 0 aliphatic rings. The van der Waals surface area contributed by atoms with Crippen LogP contribution in [0.3, 0.4) is 0 Å². The quantitative estimate of drug-likeness (QED) is 0.876. The van der Waals surface area contributed by atoms with Crippen LogP contribution in [0.15, 0.2) is 48.8 Å². The maximum atomic E-state index is 6.30. The van der Waals surface area contributed by atoms with E-state index in [9.17, 15) is 0 Å². The Hall–Kier alpha value is -1.71. The second kappa shape index (κ2) is 7.17. The van der Waals surface area contributed by atoms with Crippen LogP contribution in [-0.2, 0) is 6.54 Å². The van der Waals surface area contributed by atoms with Gasteiger partial charge in [0.25, 0.3) is 0 Å². The molecule has 1 aromatic heterocycles. The summed E-state index contributed by atoms with van der Waals surface area (Å²) in [6.45, 7) is 4.04. The van der Waals surface area contributed by atoms with Crippen molar-refractivity contribution < 1.29 is 0 Å². The summed E-state index contributed by atoms with van der Waals surface area (Å²) < 4.78 is 0. The number of benzene rings is 1. The van der Waals surface area contributed by atoms with Crippen LogP contribution >= 0.6 is 0 Å². The number of hydrogen-bond donors (Lipinski definition) is 1. The number of hydrogen-bond acceptors (Lipinski definition) is 3. The first-order valence-electron chi connectivity index (χ1n) is 7.05. The number of rotatable bonds is 6. The van der Waals surface area contributed by atoms with Crippen molar-refractivity contribution in [1.29, 1.82) is 0 Å². The van der Waals surface area contributed by atoms with Crippen molar-refractivity contribution in [1.82, 2.24) is 9.88 Å². The van der Waals surface area contributed by atoms with Gasteiger partial charge in [-0.1, -0.05) is 24.3 Å². The molecule has 106 valence electrons. The van der Waals surface area contributed by atoms with Crippen LogP contribution in [0.25, 0.3) is 0 Å². The van der Waals surface area contributed by atoms with Crippen molar-refractivity contribution in [2.75, 3.05) is 13.6 Å². The topological polar surface area (TPSA) is 42.1 Å². The molecular formula is C17H23N3. The molecule has 3 heteroatoms. The van der Waals surface area contributed by atoms with Gasteiger partial charge in [0.2, 0.25) is 0 Å². The highest BCUT2D eigenvalue weighted by Gasteiger charge is 2.09. The fraction of sp³-hybridized carbons (Fsp3) is 0.353. The van der Waals surface area contributed by atoms with E-state index in [1.54, 1.807) is 0 Å². The molecule has 0 bridgehead atoms. The zero-order valence-corrected chi connectivity index (χ0v) is 12.3. The first-order chi connectivity index (χ1) is 9.66. The molecule has 1 heterocycles. The summed E-state index contributed by atoms with van der Waals surface area (Å²) in [6, 6.07) is 12.6. The molecule has 0 fully saturated rings. The highest BCUT2D eigenvalue weighted by molar-refractivity contribution is 5.28. The van der Waals surface area contributed by atoms with Gasteiger partial charge in [-0.15, -0.1) is 0 Å². The number of aromatic nitrogens is 1. The van der Waals surface area contributed by atoms with Crippen LogP contribution < -0.4 is 5.73 Å². The predicted octanol–water partition coefficient (Wildman–Crippen LogP) is 2.91. The summed E-state index contributed by atoms with van der Waals surface area (Å²) in [5, 5.41) is 0. The van der Waals surface area contributed by atoms with E-state index in [0.29, 0.717) is 0 Å². The van der Waals surface area contributed by atoms with Crippen molar-refractivity contribution in [3.63, 3.8) is 0 Å². The van der Waals surface area contributed by atoms with Gasteiger partial charge >= 0.3 is 0 Å². The van der Waals surface area contributed by atoms with Crippen molar-refractivity contribution in [3.8, 4) is 0 Å². The number of aryl methyl sites for hydroxylation is 1. The van der Waals surface area contributed by atoms with E-state index in [2.05, 4.69) is 60.3 Å². The Labute approximate surface area is 121 Å². The Kier molecular flexibility index (Phi) is 5.27. The first-order valence-corrected chi connectivity index (χ1v) is 7.05. The third-order valence-electron chi connectivity index (χ3n) is 3.61. The monoisotopic (exact) mass is 269 g/mol. The molecule has 20 heavy (non-hydrogen) atoms. The first kappa shape index (κ1) is 14.7. The molecule has 2 rings (SSSR count). The summed E-state index contributed by atoms with van der Waals surface area (Å²) in [4.78, 5) is 6.34. The third-order valence-corrected chi connectivity index (χ3v) is 3.61. The van der Waals surface area contributed by atoms with Crippen LogP contribution in [0.2, 0.25) is 0 Å². The van der Waals surface area contributed by atoms with E-state index in [-0.39, 0.29) is 6.04 Å². The minimum Gasteiger partial charge on any atom is -0.324 e. The second-order valence-electron chi connectivity index (χ2n) is 5.35. The maximum absolute atomic E-state index is 6.30. The maximum Gasteiger partial charge on any atom is 0.0309 e. The molecule has 1 atom stereocenters. The molecule has 2 aromatic rings. The molecule has 0 aliphatic carbocycles. The van der Waals surface area contributed by atoms with Gasteiger partial charge in [0, 0.05) is 25.0 Å². The Morgan fingerprint density at radius 3 is 2.55 bits per heavy atom. The van der Waals surface area contributed by atoms with Gasteiger partial charge in [0.1, 0.15) is 0 Å². The highest BCUT2D eigenvalue weighted by atomic mass is 15.1. The van der Waals surface area contributed by atoms with Crippen LogP contribution in [-0.4, -0.2) is 23.5 Å². The Morgan fingerprint density at radius 2 is 1.85 bits per heavy atom. The van der Waals surface area contributed by atoms with Gasteiger partial charge in [-0.3, -0.25) is 4.98 Å². The van der Waals surface area contributed by atoms with Gasteiger partial charge in [-0.05, 0) is 55.8 Å². The van der Waals surface area contributed by atoms with E-state index in [1.807, 2.05) is 12.4 Å². The summed E-state index contributed by atoms with van der Waals surface area (Å²) in [7, 11) is 2.13. The molecule has 0 spiro atoms. The fourth-order valence-corrected chi connectivity index (χ4v) is 2.40. The van der Waals surface area contributed by atoms with E-state index >= 15 is 0 Å². The largest absolute Gasteiger partial charge is 0.324 e. The zero-order chi connectivity index (χ0) is 14.4. The van der Waals surface area contributed by atoms with Gasteiger partial charge in [0.15, 0.2) is 0 Å². The molecule has 0 radical (unpaired) electrons. The van der Waals surface area contributed by atoms with E-state index in [1.165, 1.54) is 16.7 Å². The minimum atomic E-state index is 0.107. The molecule has 1 aromatic carbocycles.